The molecule has 138 valence electrons. The zero-order valence-electron chi connectivity index (χ0n) is 15.2. The van der Waals surface area contributed by atoms with Gasteiger partial charge in [0.2, 0.25) is 0 Å². The molecule has 26 heavy (non-hydrogen) atoms. The smallest absolute Gasteiger partial charge is 0.316 e. The monoisotopic (exact) mass is 354 g/mol. The van der Waals surface area contributed by atoms with Crippen molar-refractivity contribution < 1.29 is 9.59 Å². The number of carbonyl (C=O) groups is 2. The number of rotatable bonds is 8. The predicted octanol–water partition coefficient (Wildman–Crippen LogP) is 2.99. The van der Waals surface area contributed by atoms with Crippen molar-refractivity contribution in [3.8, 4) is 0 Å². The summed E-state index contributed by atoms with van der Waals surface area (Å²) < 4.78 is 0. The fourth-order valence-electron chi connectivity index (χ4n) is 2.94. The molecule has 0 saturated carbocycles. The zero-order chi connectivity index (χ0) is 18.9. The maximum Gasteiger partial charge on any atom is 0.316 e. The van der Waals surface area contributed by atoms with Crippen LogP contribution in [0.4, 0.5) is 10.5 Å². The first-order chi connectivity index (χ1) is 12.5. The number of urea groups is 1. The third-order valence-corrected chi connectivity index (χ3v) is 4.31. The largest absolute Gasteiger partial charge is 0.351 e. The van der Waals surface area contributed by atoms with Crippen molar-refractivity contribution in [3.05, 3.63) is 65.7 Å². The molecule has 4 N–H and O–H groups in total. The summed E-state index contributed by atoms with van der Waals surface area (Å²) in [5.41, 5.74) is 7.35. The Hall–Kier alpha value is -2.86. The van der Waals surface area contributed by atoms with Gasteiger partial charge in [0, 0.05) is 17.8 Å². The number of hydrogen-bond acceptors (Lipinski definition) is 3. The molecule has 0 spiro atoms. The number of nitrogens with zero attached hydrogens (tertiary/aromatic N) is 1. The molecular weight excluding hydrogens is 328 g/mol. The van der Waals surface area contributed by atoms with E-state index in [4.69, 9.17) is 5.73 Å². The van der Waals surface area contributed by atoms with Crippen LogP contribution in [0.25, 0.3) is 0 Å². The lowest BCUT2D eigenvalue weighted by molar-refractivity contribution is 0.0935. The van der Waals surface area contributed by atoms with E-state index in [1.54, 1.807) is 24.3 Å². The number of amides is 3. The number of hydrogen-bond donors (Lipinski definition) is 3. The van der Waals surface area contributed by atoms with E-state index in [1.165, 1.54) is 5.56 Å². The van der Waals surface area contributed by atoms with E-state index in [2.05, 4.69) is 41.5 Å². The molecule has 0 aliphatic heterocycles. The van der Waals surface area contributed by atoms with Crippen molar-refractivity contribution in [2.45, 2.75) is 19.9 Å². The van der Waals surface area contributed by atoms with Gasteiger partial charge in [-0.15, -0.1) is 0 Å². The molecule has 3 amide bonds. The molecule has 0 aliphatic carbocycles. The second-order valence-corrected chi connectivity index (χ2v) is 5.92. The fourth-order valence-corrected chi connectivity index (χ4v) is 2.94. The summed E-state index contributed by atoms with van der Waals surface area (Å²) in [5, 5.41) is 5.49. The van der Waals surface area contributed by atoms with Gasteiger partial charge in [0.05, 0.1) is 6.04 Å². The van der Waals surface area contributed by atoms with Crippen LogP contribution in [0, 0.1) is 0 Å². The minimum atomic E-state index is -0.632. The number of primary amides is 1. The third kappa shape index (κ3) is 5.32. The van der Waals surface area contributed by atoms with E-state index in [0.29, 0.717) is 17.8 Å². The first-order valence-electron chi connectivity index (χ1n) is 8.78. The van der Waals surface area contributed by atoms with Gasteiger partial charge in [-0.25, -0.2) is 4.79 Å². The van der Waals surface area contributed by atoms with Crippen LogP contribution >= 0.6 is 0 Å². The van der Waals surface area contributed by atoms with Gasteiger partial charge in [-0.05, 0) is 42.9 Å². The number of anilines is 1. The Kier molecular flexibility index (Phi) is 7.17. The average Bonchev–Trinajstić information content (AvgIpc) is 2.65. The molecule has 2 aromatic carbocycles. The normalized spacial score (nSPS) is 11.8. The topological polar surface area (TPSA) is 87.5 Å². The standard InChI is InChI=1S/C20H26N4O2/c1-3-24(4-2)18(15-8-6-5-7-9-15)14-22-19(25)16-10-12-17(13-11-16)23-20(21)26/h5-13,18H,3-4,14H2,1-2H3,(H,22,25)(H3,21,23,26). The summed E-state index contributed by atoms with van der Waals surface area (Å²) >= 11 is 0. The molecule has 0 aromatic heterocycles. The molecule has 0 radical (unpaired) electrons. The van der Waals surface area contributed by atoms with Gasteiger partial charge < -0.3 is 16.4 Å². The summed E-state index contributed by atoms with van der Waals surface area (Å²) in [7, 11) is 0. The van der Waals surface area contributed by atoms with Gasteiger partial charge in [-0.3, -0.25) is 9.69 Å². The molecule has 0 bridgehead atoms. The van der Waals surface area contributed by atoms with E-state index in [9.17, 15) is 9.59 Å². The molecule has 6 heteroatoms. The number of carbonyl (C=O) groups excluding carboxylic acids is 2. The second-order valence-electron chi connectivity index (χ2n) is 5.92. The van der Waals surface area contributed by atoms with E-state index < -0.39 is 6.03 Å². The van der Waals surface area contributed by atoms with Crippen LogP contribution in [-0.2, 0) is 0 Å². The van der Waals surface area contributed by atoms with Crippen LogP contribution in [0.2, 0.25) is 0 Å². The van der Waals surface area contributed by atoms with E-state index in [-0.39, 0.29) is 11.9 Å². The maximum atomic E-state index is 12.5. The zero-order valence-corrected chi connectivity index (χ0v) is 15.2. The predicted molar refractivity (Wildman–Crippen MR) is 104 cm³/mol. The Morgan fingerprint density at radius 3 is 2.15 bits per heavy atom. The number of nitrogens with two attached hydrogens (primary N) is 1. The third-order valence-electron chi connectivity index (χ3n) is 4.31. The molecule has 2 aromatic rings. The summed E-state index contributed by atoms with van der Waals surface area (Å²) in [6.07, 6.45) is 0. The Labute approximate surface area is 154 Å². The molecule has 2 rings (SSSR count). The van der Waals surface area contributed by atoms with E-state index in [1.807, 2.05) is 18.2 Å². The average molecular weight is 354 g/mol. The quantitative estimate of drug-likeness (QED) is 0.681. The molecule has 0 fully saturated rings. The SMILES string of the molecule is CCN(CC)C(CNC(=O)c1ccc(NC(N)=O)cc1)c1ccccc1. The lowest BCUT2D eigenvalue weighted by Gasteiger charge is -2.30. The van der Waals surface area contributed by atoms with E-state index >= 15 is 0 Å². The summed E-state index contributed by atoms with van der Waals surface area (Å²) in [6, 6.07) is 16.3. The Balaban J connectivity index is 2.05. The molecule has 6 nitrogen and oxygen atoms in total. The molecule has 0 aliphatic rings. The van der Waals surface area contributed by atoms with Crippen LogP contribution in [0.1, 0.15) is 35.8 Å². The van der Waals surface area contributed by atoms with Crippen molar-refractivity contribution >= 4 is 17.6 Å². The van der Waals surface area contributed by atoms with Crippen LogP contribution in [0.15, 0.2) is 54.6 Å². The first kappa shape index (κ1) is 19.5. The summed E-state index contributed by atoms with van der Waals surface area (Å²) in [5.74, 6) is -0.149. The Bertz CT molecular complexity index is 712. The summed E-state index contributed by atoms with van der Waals surface area (Å²) in [6.45, 7) is 6.56. The van der Waals surface area contributed by atoms with Gasteiger partial charge in [-0.1, -0.05) is 44.2 Å². The molecule has 1 atom stereocenters. The van der Waals surface area contributed by atoms with Crippen molar-refractivity contribution in [2.24, 2.45) is 5.73 Å². The molecule has 0 heterocycles. The highest BCUT2D eigenvalue weighted by molar-refractivity contribution is 5.95. The molecule has 0 saturated heterocycles. The minimum Gasteiger partial charge on any atom is -0.351 e. The number of likely N-dealkylation sites (N-methyl/N-ethyl adjacent to an activating group) is 1. The van der Waals surface area contributed by atoms with Crippen LogP contribution < -0.4 is 16.4 Å². The highest BCUT2D eigenvalue weighted by Gasteiger charge is 2.19. The van der Waals surface area contributed by atoms with Crippen molar-refractivity contribution in [2.75, 3.05) is 25.0 Å². The second kappa shape index (κ2) is 9.58. The highest BCUT2D eigenvalue weighted by atomic mass is 16.2. The number of benzene rings is 2. The van der Waals surface area contributed by atoms with Crippen LogP contribution in [0.3, 0.4) is 0 Å². The van der Waals surface area contributed by atoms with Crippen molar-refractivity contribution in [1.29, 1.82) is 0 Å². The van der Waals surface area contributed by atoms with Gasteiger partial charge >= 0.3 is 6.03 Å². The van der Waals surface area contributed by atoms with Crippen LogP contribution in [0.5, 0.6) is 0 Å². The number of nitrogens with one attached hydrogen (secondary N) is 2. The maximum absolute atomic E-state index is 12.5. The minimum absolute atomic E-state index is 0.117. The highest BCUT2D eigenvalue weighted by Crippen LogP contribution is 2.19. The lowest BCUT2D eigenvalue weighted by atomic mass is 10.0. The lowest BCUT2D eigenvalue weighted by Crippen LogP contribution is -2.38. The van der Waals surface area contributed by atoms with E-state index in [0.717, 1.165) is 13.1 Å². The van der Waals surface area contributed by atoms with Gasteiger partial charge in [0.15, 0.2) is 0 Å². The van der Waals surface area contributed by atoms with Crippen molar-refractivity contribution in [1.82, 2.24) is 10.2 Å². The fraction of sp³-hybridized carbons (Fsp3) is 0.300. The Morgan fingerprint density at radius 1 is 1.00 bits per heavy atom. The van der Waals surface area contributed by atoms with Crippen molar-refractivity contribution in [3.63, 3.8) is 0 Å². The Morgan fingerprint density at radius 2 is 1.62 bits per heavy atom. The van der Waals surface area contributed by atoms with Gasteiger partial charge in [-0.2, -0.15) is 0 Å². The molecular formula is C20H26N4O2. The molecule has 1 unspecified atom stereocenters. The van der Waals surface area contributed by atoms with Gasteiger partial charge in [0.1, 0.15) is 0 Å². The van der Waals surface area contributed by atoms with Crippen LogP contribution in [-0.4, -0.2) is 36.5 Å². The first-order valence-corrected chi connectivity index (χ1v) is 8.78. The van der Waals surface area contributed by atoms with Gasteiger partial charge in [0.25, 0.3) is 5.91 Å². The summed E-state index contributed by atoms with van der Waals surface area (Å²) in [4.78, 5) is 25.6.